The van der Waals surface area contributed by atoms with Crippen molar-refractivity contribution < 1.29 is 24.8 Å². The van der Waals surface area contributed by atoms with Gasteiger partial charge in [0.05, 0.1) is 24.1 Å². The van der Waals surface area contributed by atoms with Crippen LogP contribution in [-0.4, -0.2) is 61.6 Å². The number of rotatable bonds is 12. The van der Waals surface area contributed by atoms with E-state index < -0.39 is 12.2 Å². The molecule has 0 fully saturated rings. The van der Waals surface area contributed by atoms with Crippen molar-refractivity contribution in [1.82, 2.24) is 15.0 Å². The number of alkyl halides is 1. The molecule has 0 saturated carbocycles. The minimum Gasteiger partial charge on any atom is -0.491 e. The van der Waals surface area contributed by atoms with Crippen molar-refractivity contribution in [2.75, 3.05) is 19.1 Å². The number of aliphatic hydroxyl groups is 3. The number of halogens is 3. The van der Waals surface area contributed by atoms with Crippen LogP contribution in [0.4, 0.5) is 0 Å². The summed E-state index contributed by atoms with van der Waals surface area (Å²) in [6.45, 7) is 4.36. The van der Waals surface area contributed by atoms with Gasteiger partial charge in [0.25, 0.3) is 0 Å². The molecule has 35 heavy (non-hydrogen) atoms. The molecule has 0 radical (unpaired) electrons. The predicted octanol–water partition coefficient (Wildman–Crippen LogP) is 3.77. The van der Waals surface area contributed by atoms with Crippen LogP contribution in [0.2, 0.25) is 5.02 Å². The number of benzene rings is 2. The Morgan fingerprint density at radius 3 is 2.29 bits per heavy atom. The van der Waals surface area contributed by atoms with Crippen molar-refractivity contribution >= 4 is 45.8 Å². The molecule has 2 atom stereocenters. The lowest BCUT2D eigenvalue weighted by Crippen LogP contribution is -2.25. The second-order valence-electron chi connectivity index (χ2n) is 8.55. The summed E-state index contributed by atoms with van der Waals surface area (Å²) in [6, 6.07) is 13.3. The van der Waals surface area contributed by atoms with E-state index in [1.54, 1.807) is 6.07 Å². The molecule has 1 aromatic heterocycles. The molecule has 0 amide bonds. The zero-order valence-corrected chi connectivity index (χ0v) is 23.0. The number of hydrogen-bond acceptors (Lipinski definition) is 7. The van der Waals surface area contributed by atoms with Crippen molar-refractivity contribution in [3.8, 4) is 11.5 Å². The van der Waals surface area contributed by atoms with Crippen LogP contribution in [0.25, 0.3) is 0 Å². The average Bonchev–Trinajstić information content (AvgIpc) is 3.20. The Morgan fingerprint density at radius 1 is 1.03 bits per heavy atom. The summed E-state index contributed by atoms with van der Waals surface area (Å²) < 4.78 is 13.5. The van der Waals surface area contributed by atoms with E-state index >= 15 is 0 Å². The van der Waals surface area contributed by atoms with Crippen LogP contribution in [0.1, 0.15) is 30.7 Å². The van der Waals surface area contributed by atoms with E-state index in [0.29, 0.717) is 25.9 Å². The molecule has 11 heteroatoms. The van der Waals surface area contributed by atoms with Crippen molar-refractivity contribution in [2.45, 2.75) is 44.6 Å². The van der Waals surface area contributed by atoms with Crippen LogP contribution in [0.3, 0.4) is 0 Å². The van der Waals surface area contributed by atoms with E-state index in [2.05, 4.69) is 24.2 Å². The minimum absolute atomic E-state index is 0.0733. The van der Waals surface area contributed by atoms with Gasteiger partial charge >= 0.3 is 0 Å². The monoisotopic (exact) mass is 635 g/mol. The third kappa shape index (κ3) is 7.21. The van der Waals surface area contributed by atoms with E-state index in [-0.39, 0.29) is 37.7 Å². The molecule has 2 aromatic carbocycles. The van der Waals surface area contributed by atoms with Gasteiger partial charge in [-0.3, -0.25) is 0 Å². The Hall–Kier alpha value is -1.63. The Labute approximate surface area is 227 Å². The van der Waals surface area contributed by atoms with Gasteiger partial charge in [-0.05, 0) is 58.0 Å². The molecule has 3 aromatic rings. The maximum atomic E-state index is 10.3. The van der Waals surface area contributed by atoms with Gasteiger partial charge in [0.2, 0.25) is 0 Å². The number of nitrogens with zero attached hydrogens (tertiary/aromatic N) is 3. The van der Waals surface area contributed by atoms with E-state index in [1.165, 1.54) is 4.68 Å². The molecule has 3 N–H and O–H groups in total. The number of aromatic nitrogens is 3. The molecule has 0 aliphatic rings. The highest BCUT2D eigenvalue weighted by Gasteiger charge is 2.24. The number of ether oxygens (including phenoxy) is 2. The Kier molecular flexibility index (Phi) is 10.0. The largest absolute Gasteiger partial charge is 0.491 e. The zero-order chi connectivity index (χ0) is 25.6. The molecule has 1 heterocycles. The summed E-state index contributed by atoms with van der Waals surface area (Å²) in [6.07, 6.45) is -1.54. The van der Waals surface area contributed by atoms with Gasteiger partial charge in [0.15, 0.2) is 0 Å². The van der Waals surface area contributed by atoms with Gasteiger partial charge in [-0.2, -0.15) is 0 Å². The highest BCUT2D eigenvalue weighted by atomic mass is 127. The van der Waals surface area contributed by atoms with Gasteiger partial charge in [-0.25, -0.2) is 4.68 Å². The third-order valence-electron chi connectivity index (χ3n) is 5.55. The Morgan fingerprint density at radius 2 is 1.69 bits per heavy atom. The standard InChI is InChI=1S/C24H28Cl2IN3O5/c1-24(2,16-5-8-22(20(26)9-16)35-13-17(32)10-25)15-3-6-19(7-4-15)34-14-18(33)11-30-23(27)21(12-31)28-29-30/h3-9,17-18,31-33H,10-14H2,1-2H3/t17-,18-/m1/s1. The van der Waals surface area contributed by atoms with Crippen LogP contribution in [0, 0.1) is 3.70 Å². The smallest absolute Gasteiger partial charge is 0.138 e. The summed E-state index contributed by atoms with van der Waals surface area (Å²) in [5, 5.41) is 37.4. The summed E-state index contributed by atoms with van der Waals surface area (Å²) in [5.74, 6) is 1.21. The van der Waals surface area contributed by atoms with Crippen molar-refractivity contribution in [3.05, 3.63) is 68.0 Å². The topological polar surface area (TPSA) is 110 Å². The molecule has 0 saturated heterocycles. The quantitative estimate of drug-likeness (QED) is 0.205. The normalized spacial score (nSPS) is 13.5. The second-order valence-corrected chi connectivity index (χ2v) is 10.3. The van der Waals surface area contributed by atoms with Crippen LogP contribution >= 0.6 is 45.8 Å². The molecule has 0 aliphatic carbocycles. The highest BCUT2D eigenvalue weighted by molar-refractivity contribution is 14.1. The van der Waals surface area contributed by atoms with E-state index in [1.807, 2.05) is 59.0 Å². The Balaban J connectivity index is 1.60. The molecule has 0 unspecified atom stereocenters. The first-order valence-electron chi connectivity index (χ1n) is 10.9. The molecule has 0 bridgehead atoms. The van der Waals surface area contributed by atoms with Crippen LogP contribution in [-0.2, 0) is 18.6 Å². The maximum Gasteiger partial charge on any atom is 0.138 e. The second kappa shape index (κ2) is 12.6. The molecule has 0 spiro atoms. The first-order valence-corrected chi connectivity index (χ1v) is 12.9. The lowest BCUT2D eigenvalue weighted by Gasteiger charge is -2.27. The van der Waals surface area contributed by atoms with Crippen LogP contribution < -0.4 is 9.47 Å². The van der Waals surface area contributed by atoms with Gasteiger partial charge in [0, 0.05) is 5.41 Å². The summed E-state index contributed by atoms with van der Waals surface area (Å²) >= 11 is 14.1. The molecular formula is C24H28Cl2IN3O5. The number of aliphatic hydroxyl groups excluding tert-OH is 3. The maximum absolute atomic E-state index is 10.3. The summed E-state index contributed by atoms with van der Waals surface area (Å²) in [4.78, 5) is 0. The van der Waals surface area contributed by atoms with Crippen molar-refractivity contribution in [1.29, 1.82) is 0 Å². The van der Waals surface area contributed by atoms with Gasteiger partial charge in [-0.15, -0.1) is 16.7 Å². The van der Waals surface area contributed by atoms with E-state index in [4.69, 9.17) is 32.7 Å². The fourth-order valence-corrected chi connectivity index (χ4v) is 4.26. The lowest BCUT2D eigenvalue weighted by molar-refractivity contribution is 0.0881. The lowest BCUT2D eigenvalue weighted by atomic mass is 9.78. The van der Waals surface area contributed by atoms with Crippen molar-refractivity contribution in [2.24, 2.45) is 0 Å². The van der Waals surface area contributed by atoms with Gasteiger partial charge in [-0.1, -0.05) is 48.9 Å². The highest BCUT2D eigenvalue weighted by Crippen LogP contribution is 2.36. The zero-order valence-electron chi connectivity index (χ0n) is 19.4. The summed E-state index contributed by atoms with van der Waals surface area (Å²) in [7, 11) is 0. The summed E-state index contributed by atoms with van der Waals surface area (Å²) in [5.41, 5.74) is 2.19. The van der Waals surface area contributed by atoms with Crippen LogP contribution in [0.5, 0.6) is 11.5 Å². The fourth-order valence-electron chi connectivity index (χ4n) is 3.37. The minimum atomic E-state index is -0.790. The SMILES string of the molecule is CC(C)(c1ccc(OC[C@H](O)Cn2nnc(CO)c2I)cc1)c1ccc(OC[C@H](O)CCl)c(Cl)c1. The predicted molar refractivity (Wildman–Crippen MR) is 142 cm³/mol. The van der Waals surface area contributed by atoms with Crippen molar-refractivity contribution in [3.63, 3.8) is 0 Å². The molecule has 190 valence electrons. The fraction of sp³-hybridized carbons (Fsp3) is 0.417. The van der Waals surface area contributed by atoms with Crippen LogP contribution in [0.15, 0.2) is 42.5 Å². The molecular weight excluding hydrogens is 608 g/mol. The third-order valence-corrected chi connectivity index (χ3v) is 7.38. The first kappa shape index (κ1) is 27.9. The molecule has 3 rings (SSSR count). The average molecular weight is 636 g/mol. The van der Waals surface area contributed by atoms with E-state index in [9.17, 15) is 15.3 Å². The molecule has 8 nitrogen and oxygen atoms in total. The molecule has 0 aliphatic heterocycles. The number of hydrogen-bond donors (Lipinski definition) is 3. The first-order chi connectivity index (χ1) is 16.6. The van der Waals surface area contributed by atoms with E-state index in [0.717, 1.165) is 11.1 Å². The van der Waals surface area contributed by atoms with Gasteiger partial charge < -0.3 is 24.8 Å². The van der Waals surface area contributed by atoms with Gasteiger partial charge in [0.1, 0.15) is 46.3 Å². The Bertz CT molecular complexity index is 1110.